The van der Waals surface area contributed by atoms with Gasteiger partial charge in [0, 0.05) is 37.4 Å². The van der Waals surface area contributed by atoms with E-state index in [0.717, 1.165) is 75.3 Å². The zero-order valence-corrected chi connectivity index (χ0v) is 20.0. The number of carbonyl (C=O) groups excluding carboxylic acids is 1. The minimum Gasteiger partial charge on any atom is -0.508 e. The highest BCUT2D eigenvalue weighted by Crippen LogP contribution is 2.17. The van der Waals surface area contributed by atoms with E-state index in [1.165, 1.54) is 5.56 Å². The zero-order chi connectivity index (χ0) is 23.8. The van der Waals surface area contributed by atoms with Crippen molar-refractivity contribution in [2.24, 2.45) is 0 Å². The number of aryl methyl sites for hydroxylation is 1. The van der Waals surface area contributed by atoms with Crippen LogP contribution in [0.1, 0.15) is 46.8 Å². The Balaban J connectivity index is 1.31. The number of amides is 1. The quantitative estimate of drug-likeness (QED) is 0.482. The van der Waals surface area contributed by atoms with Crippen LogP contribution in [0.4, 0.5) is 5.69 Å². The third-order valence-electron chi connectivity index (χ3n) is 6.34. The van der Waals surface area contributed by atoms with Gasteiger partial charge < -0.3 is 10.4 Å². The maximum atomic E-state index is 12.8. The SMILES string of the molecule is CCCc1ccc(NC(=O)c2cccc(CN3CCCN(Cc4cccc(O)c4)CC3)c2)cc1. The van der Waals surface area contributed by atoms with E-state index < -0.39 is 0 Å². The van der Waals surface area contributed by atoms with Gasteiger partial charge in [0.2, 0.25) is 0 Å². The van der Waals surface area contributed by atoms with Crippen LogP contribution in [0.2, 0.25) is 0 Å². The molecule has 1 aliphatic rings. The lowest BCUT2D eigenvalue weighted by molar-refractivity contribution is 0.102. The molecule has 0 saturated carbocycles. The molecule has 1 fully saturated rings. The highest BCUT2D eigenvalue weighted by molar-refractivity contribution is 6.04. The van der Waals surface area contributed by atoms with E-state index in [1.807, 2.05) is 42.5 Å². The molecule has 0 aliphatic carbocycles. The Morgan fingerprint density at radius 1 is 0.824 bits per heavy atom. The second-order valence-corrected chi connectivity index (χ2v) is 9.18. The van der Waals surface area contributed by atoms with Crippen LogP contribution in [0.3, 0.4) is 0 Å². The lowest BCUT2D eigenvalue weighted by atomic mass is 10.1. The van der Waals surface area contributed by atoms with E-state index in [9.17, 15) is 9.90 Å². The summed E-state index contributed by atoms with van der Waals surface area (Å²) in [7, 11) is 0. The summed E-state index contributed by atoms with van der Waals surface area (Å²) in [6, 6.07) is 23.6. The molecule has 3 aromatic rings. The van der Waals surface area contributed by atoms with E-state index in [-0.39, 0.29) is 5.91 Å². The average Bonchev–Trinajstić information content (AvgIpc) is 3.05. The smallest absolute Gasteiger partial charge is 0.255 e. The normalized spacial score (nSPS) is 15.1. The highest BCUT2D eigenvalue weighted by atomic mass is 16.3. The molecule has 34 heavy (non-hydrogen) atoms. The number of hydrogen-bond acceptors (Lipinski definition) is 4. The predicted octanol–water partition coefficient (Wildman–Crippen LogP) is 5.30. The lowest BCUT2D eigenvalue weighted by Gasteiger charge is -2.22. The Morgan fingerprint density at radius 3 is 2.12 bits per heavy atom. The second kappa shape index (κ2) is 11.8. The van der Waals surface area contributed by atoms with Gasteiger partial charge in [-0.1, -0.05) is 49.7 Å². The van der Waals surface area contributed by atoms with Crippen LogP contribution in [0.15, 0.2) is 72.8 Å². The molecule has 5 heteroatoms. The summed E-state index contributed by atoms with van der Waals surface area (Å²) < 4.78 is 0. The van der Waals surface area contributed by atoms with Crippen molar-refractivity contribution in [2.45, 2.75) is 39.3 Å². The van der Waals surface area contributed by atoms with E-state index in [0.29, 0.717) is 11.3 Å². The summed E-state index contributed by atoms with van der Waals surface area (Å²) >= 11 is 0. The van der Waals surface area contributed by atoms with Crippen LogP contribution in [0, 0.1) is 0 Å². The summed E-state index contributed by atoms with van der Waals surface area (Å²) in [4.78, 5) is 17.7. The maximum Gasteiger partial charge on any atom is 0.255 e. The van der Waals surface area contributed by atoms with Crippen molar-refractivity contribution in [3.05, 3.63) is 95.1 Å². The molecule has 0 unspecified atom stereocenters. The fourth-order valence-corrected chi connectivity index (χ4v) is 4.57. The van der Waals surface area contributed by atoms with E-state index in [2.05, 4.69) is 46.3 Å². The van der Waals surface area contributed by atoms with Gasteiger partial charge in [-0.2, -0.15) is 0 Å². The number of phenolic OH excluding ortho intramolecular Hbond substituents is 1. The van der Waals surface area contributed by atoms with Gasteiger partial charge in [0.1, 0.15) is 5.75 Å². The fourth-order valence-electron chi connectivity index (χ4n) is 4.57. The highest BCUT2D eigenvalue weighted by Gasteiger charge is 2.16. The molecule has 2 N–H and O–H groups in total. The molecular formula is C29H35N3O2. The van der Waals surface area contributed by atoms with Gasteiger partial charge in [0.05, 0.1) is 0 Å². The maximum absolute atomic E-state index is 12.8. The van der Waals surface area contributed by atoms with Gasteiger partial charge in [0.15, 0.2) is 0 Å². The Kier molecular flexibility index (Phi) is 8.34. The van der Waals surface area contributed by atoms with E-state index in [1.54, 1.807) is 6.07 Å². The molecular weight excluding hydrogens is 422 g/mol. The first kappa shape index (κ1) is 24.0. The first-order valence-corrected chi connectivity index (χ1v) is 12.3. The number of nitrogens with zero attached hydrogens (tertiary/aromatic N) is 2. The number of carbonyl (C=O) groups is 1. The second-order valence-electron chi connectivity index (χ2n) is 9.18. The van der Waals surface area contributed by atoms with Gasteiger partial charge in [-0.25, -0.2) is 0 Å². The van der Waals surface area contributed by atoms with Gasteiger partial charge >= 0.3 is 0 Å². The van der Waals surface area contributed by atoms with Crippen molar-refractivity contribution in [1.29, 1.82) is 0 Å². The molecule has 1 aliphatic heterocycles. The number of nitrogens with one attached hydrogen (secondary N) is 1. The monoisotopic (exact) mass is 457 g/mol. The van der Waals surface area contributed by atoms with Crippen molar-refractivity contribution in [3.8, 4) is 5.75 Å². The Bertz CT molecular complexity index is 1080. The van der Waals surface area contributed by atoms with Crippen LogP contribution in [-0.2, 0) is 19.5 Å². The van der Waals surface area contributed by atoms with Gasteiger partial charge in [-0.15, -0.1) is 0 Å². The minimum absolute atomic E-state index is 0.0711. The van der Waals surface area contributed by atoms with Crippen LogP contribution >= 0.6 is 0 Å². The van der Waals surface area contributed by atoms with Crippen molar-refractivity contribution in [2.75, 3.05) is 31.5 Å². The Morgan fingerprint density at radius 2 is 1.47 bits per heavy atom. The topological polar surface area (TPSA) is 55.8 Å². The van der Waals surface area contributed by atoms with Crippen LogP contribution in [0.25, 0.3) is 0 Å². The molecule has 0 bridgehead atoms. The van der Waals surface area contributed by atoms with Crippen molar-refractivity contribution < 1.29 is 9.90 Å². The number of aromatic hydroxyl groups is 1. The van der Waals surface area contributed by atoms with Gasteiger partial charge in [-0.05, 0) is 79.0 Å². The summed E-state index contributed by atoms with van der Waals surface area (Å²) in [6.45, 7) is 7.93. The largest absolute Gasteiger partial charge is 0.508 e. The van der Waals surface area contributed by atoms with E-state index >= 15 is 0 Å². The van der Waals surface area contributed by atoms with Crippen molar-refractivity contribution >= 4 is 11.6 Å². The molecule has 0 atom stereocenters. The molecule has 178 valence electrons. The molecule has 5 nitrogen and oxygen atoms in total. The summed E-state index contributed by atoms with van der Waals surface area (Å²) in [5.74, 6) is 0.254. The van der Waals surface area contributed by atoms with Gasteiger partial charge in [0.25, 0.3) is 5.91 Å². The number of benzene rings is 3. The molecule has 3 aromatic carbocycles. The molecule has 1 saturated heterocycles. The van der Waals surface area contributed by atoms with Crippen LogP contribution in [0.5, 0.6) is 5.75 Å². The number of anilines is 1. The van der Waals surface area contributed by atoms with Crippen LogP contribution < -0.4 is 5.32 Å². The minimum atomic E-state index is -0.0711. The molecule has 1 amide bonds. The molecule has 0 radical (unpaired) electrons. The van der Waals surface area contributed by atoms with Gasteiger partial charge in [-0.3, -0.25) is 14.6 Å². The third kappa shape index (κ3) is 6.92. The molecule has 0 aromatic heterocycles. The average molecular weight is 458 g/mol. The molecule has 0 spiro atoms. The fraction of sp³-hybridized carbons (Fsp3) is 0.345. The van der Waals surface area contributed by atoms with Crippen molar-refractivity contribution in [3.63, 3.8) is 0 Å². The lowest BCUT2D eigenvalue weighted by Crippen LogP contribution is -2.30. The summed E-state index contributed by atoms with van der Waals surface area (Å²) in [6.07, 6.45) is 3.28. The molecule has 4 rings (SSSR count). The zero-order valence-electron chi connectivity index (χ0n) is 20.0. The predicted molar refractivity (Wildman–Crippen MR) is 138 cm³/mol. The Hall–Kier alpha value is -3.15. The third-order valence-corrected chi connectivity index (χ3v) is 6.34. The first-order valence-electron chi connectivity index (χ1n) is 12.3. The molecule has 1 heterocycles. The summed E-state index contributed by atoms with van der Waals surface area (Å²) in [5.41, 5.74) is 5.12. The summed E-state index contributed by atoms with van der Waals surface area (Å²) in [5, 5.41) is 12.7. The van der Waals surface area contributed by atoms with E-state index in [4.69, 9.17) is 0 Å². The standard InChI is InChI=1S/C29H35N3O2/c1-2-6-23-11-13-27(14-12-23)30-29(34)26-9-3-7-24(19-26)21-31-15-5-16-32(18-17-31)22-25-8-4-10-28(33)20-25/h3-4,7-14,19-20,33H,2,5-6,15-18,21-22H2,1H3,(H,30,34). The first-order chi connectivity index (χ1) is 16.6. The van der Waals surface area contributed by atoms with Crippen molar-refractivity contribution in [1.82, 2.24) is 9.80 Å². The number of rotatable bonds is 8. The number of hydrogen-bond donors (Lipinski definition) is 2. The van der Waals surface area contributed by atoms with Crippen LogP contribution in [-0.4, -0.2) is 47.0 Å². The number of phenols is 1. The Labute approximate surface area is 203 Å².